The third-order valence-corrected chi connectivity index (χ3v) is 9.87. The van der Waals surface area contributed by atoms with Gasteiger partial charge in [0.25, 0.3) is 0 Å². The molecular formula is C42H33N5. The summed E-state index contributed by atoms with van der Waals surface area (Å²) < 4.78 is 2.25. The predicted molar refractivity (Wildman–Crippen MR) is 191 cm³/mol. The van der Waals surface area contributed by atoms with Crippen LogP contribution >= 0.6 is 0 Å². The average molecular weight is 608 g/mol. The first kappa shape index (κ1) is 27.6. The zero-order valence-electron chi connectivity index (χ0n) is 26.6. The van der Waals surface area contributed by atoms with Gasteiger partial charge < -0.3 is 0 Å². The zero-order valence-corrected chi connectivity index (χ0v) is 26.6. The number of hydrogen-bond donors (Lipinski definition) is 0. The minimum Gasteiger partial charge on any atom is -0.292 e. The zero-order chi connectivity index (χ0) is 31.7. The summed E-state index contributed by atoms with van der Waals surface area (Å²) in [6.07, 6.45) is 11.2. The lowest BCUT2D eigenvalue weighted by Gasteiger charge is -2.21. The van der Waals surface area contributed by atoms with Gasteiger partial charge >= 0.3 is 0 Å². The van der Waals surface area contributed by atoms with E-state index in [0.717, 1.165) is 40.2 Å². The van der Waals surface area contributed by atoms with E-state index in [4.69, 9.17) is 19.9 Å². The molecule has 47 heavy (non-hydrogen) atoms. The summed E-state index contributed by atoms with van der Waals surface area (Å²) in [5, 5.41) is 2.43. The van der Waals surface area contributed by atoms with Crippen molar-refractivity contribution in [2.24, 2.45) is 5.92 Å². The smallest absolute Gasteiger partial charge is 0.160 e. The summed E-state index contributed by atoms with van der Waals surface area (Å²) in [6.45, 7) is 6.89. The molecule has 0 fully saturated rings. The van der Waals surface area contributed by atoms with Crippen LogP contribution in [0.2, 0.25) is 0 Å². The van der Waals surface area contributed by atoms with Crippen LogP contribution in [0.3, 0.4) is 0 Å². The van der Waals surface area contributed by atoms with E-state index in [1.54, 1.807) is 0 Å². The molecule has 1 unspecified atom stereocenters. The molecule has 7 aromatic rings. The van der Waals surface area contributed by atoms with Gasteiger partial charge in [-0.3, -0.25) is 4.57 Å². The molecule has 0 radical (unpaired) electrons. The van der Waals surface area contributed by atoms with E-state index in [2.05, 4.69) is 110 Å². The van der Waals surface area contributed by atoms with Crippen molar-refractivity contribution in [3.63, 3.8) is 0 Å². The SMILES string of the molecule is CC1C=CC=C(c2cc(-c3cnc(-n4c5ccccc5c5cc6c(cc54)-c4ccccc4C6(C)C)cn3)nc(-c3ccccc3)n2)C1. The van der Waals surface area contributed by atoms with Gasteiger partial charge in [-0.1, -0.05) is 112 Å². The van der Waals surface area contributed by atoms with Gasteiger partial charge in [-0.05, 0) is 64.4 Å². The van der Waals surface area contributed by atoms with Crippen LogP contribution in [0.1, 0.15) is 44.0 Å². The normalized spacial score (nSPS) is 16.3. The van der Waals surface area contributed by atoms with Crippen LogP contribution in [0.4, 0.5) is 0 Å². The number of nitrogens with zero attached hydrogens (tertiary/aromatic N) is 5. The number of aromatic nitrogens is 5. The Labute approximate surface area is 274 Å². The van der Waals surface area contributed by atoms with Crippen LogP contribution in [-0.4, -0.2) is 24.5 Å². The molecule has 1 atom stereocenters. The Kier molecular flexibility index (Phi) is 6.13. The van der Waals surface area contributed by atoms with Crippen molar-refractivity contribution in [2.45, 2.75) is 32.6 Å². The van der Waals surface area contributed by atoms with Crippen molar-refractivity contribution in [3.05, 3.63) is 145 Å². The number of allylic oxidation sites excluding steroid dienone is 4. The lowest BCUT2D eigenvalue weighted by atomic mass is 9.82. The second kappa shape index (κ2) is 10.4. The Morgan fingerprint density at radius 3 is 2.30 bits per heavy atom. The summed E-state index contributed by atoms with van der Waals surface area (Å²) in [6, 6.07) is 34.3. The maximum Gasteiger partial charge on any atom is 0.160 e. The van der Waals surface area contributed by atoms with Crippen molar-refractivity contribution < 1.29 is 0 Å². The van der Waals surface area contributed by atoms with E-state index < -0.39 is 0 Å². The van der Waals surface area contributed by atoms with Crippen LogP contribution in [0.25, 0.3) is 67.1 Å². The minimum absolute atomic E-state index is 0.0677. The van der Waals surface area contributed by atoms with Gasteiger partial charge in [-0.15, -0.1) is 0 Å². The van der Waals surface area contributed by atoms with Crippen molar-refractivity contribution in [1.29, 1.82) is 0 Å². The van der Waals surface area contributed by atoms with Crippen molar-refractivity contribution >= 4 is 27.4 Å². The van der Waals surface area contributed by atoms with Gasteiger partial charge in [-0.25, -0.2) is 19.9 Å². The van der Waals surface area contributed by atoms with E-state index in [1.165, 1.54) is 38.6 Å². The molecule has 0 bridgehead atoms. The van der Waals surface area contributed by atoms with Gasteiger partial charge in [-0.2, -0.15) is 0 Å². The Morgan fingerprint density at radius 1 is 0.681 bits per heavy atom. The number of rotatable bonds is 4. The molecule has 2 aliphatic rings. The van der Waals surface area contributed by atoms with Gasteiger partial charge in [0.1, 0.15) is 5.69 Å². The second-order valence-electron chi connectivity index (χ2n) is 13.3. The molecule has 0 aliphatic heterocycles. The third kappa shape index (κ3) is 4.38. The molecule has 0 saturated carbocycles. The van der Waals surface area contributed by atoms with Crippen LogP contribution in [0.5, 0.6) is 0 Å². The van der Waals surface area contributed by atoms with Gasteiger partial charge in [0, 0.05) is 21.8 Å². The van der Waals surface area contributed by atoms with Gasteiger partial charge in [0.05, 0.1) is 34.8 Å². The summed E-state index contributed by atoms with van der Waals surface area (Å²) in [5.41, 5.74) is 12.1. The lowest BCUT2D eigenvalue weighted by Crippen LogP contribution is -2.14. The highest BCUT2D eigenvalue weighted by Gasteiger charge is 2.36. The van der Waals surface area contributed by atoms with E-state index in [1.807, 2.05) is 42.7 Å². The van der Waals surface area contributed by atoms with Crippen molar-refractivity contribution in [3.8, 4) is 39.7 Å². The Morgan fingerprint density at radius 2 is 1.47 bits per heavy atom. The number of hydrogen-bond acceptors (Lipinski definition) is 4. The lowest BCUT2D eigenvalue weighted by molar-refractivity contribution is 0.661. The Hall–Kier alpha value is -5.68. The van der Waals surface area contributed by atoms with Gasteiger partial charge in [0.2, 0.25) is 0 Å². The molecule has 2 aliphatic carbocycles. The topological polar surface area (TPSA) is 56.5 Å². The fraction of sp³-hybridized carbons (Fsp3) is 0.143. The predicted octanol–water partition coefficient (Wildman–Crippen LogP) is 9.98. The Bertz CT molecular complexity index is 2410. The van der Waals surface area contributed by atoms with Crippen LogP contribution in [0, 0.1) is 5.92 Å². The summed E-state index contributed by atoms with van der Waals surface area (Å²) in [5.74, 6) is 1.92. The highest BCUT2D eigenvalue weighted by molar-refractivity contribution is 6.11. The maximum absolute atomic E-state index is 5.04. The first-order valence-corrected chi connectivity index (χ1v) is 16.3. The summed E-state index contributed by atoms with van der Waals surface area (Å²) >= 11 is 0. The number of fused-ring (bicyclic) bond motifs is 6. The average Bonchev–Trinajstić information content (AvgIpc) is 3.56. The first-order chi connectivity index (χ1) is 23.0. The quantitative estimate of drug-likeness (QED) is 0.200. The van der Waals surface area contributed by atoms with Crippen LogP contribution < -0.4 is 0 Å². The third-order valence-electron chi connectivity index (χ3n) is 9.87. The number of para-hydroxylation sites is 1. The summed E-state index contributed by atoms with van der Waals surface area (Å²) in [7, 11) is 0. The molecule has 5 heteroatoms. The molecule has 0 saturated heterocycles. The van der Waals surface area contributed by atoms with Crippen LogP contribution in [-0.2, 0) is 5.41 Å². The number of benzene rings is 4. The monoisotopic (exact) mass is 607 g/mol. The van der Waals surface area contributed by atoms with E-state index in [-0.39, 0.29) is 5.41 Å². The van der Waals surface area contributed by atoms with Crippen molar-refractivity contribution in [1.82, 2.24) is 24.5 Å². The minimum atomic E-state index is -0.0677. The molecule has 9 rings (SSSR count). The fourth-order valence-corrected chi connectivity index (χ4v) is 7.47. The molecule has 3 aromatic heterocycles. The Balaban J connectivity index is 1.19. The largest absolute Gasteiger partial charge is 0.292 e. The van der Waals surface area contributed by atoms with E-state index >= 15 is 0 Å². The van der Waals surface area contributed by atoms with E-state index in [0.29, 0.717) is 17.4 Å². The molecule has 5 nitrogen and oxygen atoms in total. The standard InChI is InChI=1S/C42H33N5/c1-26-12-11-15-28(20-26)35-23-36(46-41(45-35)27-13-5-4-6-14-27)37-24-44-40(25-43-37)47-38-19-10-8-17-30(38)32-21-34-31(22-39(32)47)29-16-7-9-18-33(29)42(34,2)3/h4-19,21-26H,20H2,1-3H3. The highest BCUT2D eigenvalue weighted by atomic mass is 15.1. The highest BCUT2D eigenvalue weighted by Crippen LogP contribution is 2.50. The van der Waals surface area contributed by atoms with E-state index in [9.17, 15) is 0 Å². The molecule has 226 valence electrons. The molecule has 4 aromatic carbocycles. The molecule has 0 N–H and O–H groups in total. The summed E-state index contributed by atoms with van der Waals surface area (Å²) in [4.78, 5) is 20.0. The van der Waals surface area contributed by atoms with Crippen LogP contribution in [0.15, 0.2) is 128 Å². The fourth-order valence-electron chi connectivity index (χ4n) is 7.47. The molecule has 3 heterocycles. The maximum atomic E-state index is 5.04. The molecular weight excluding hydrogens is 574 g/mol. The molecule has 0 spiro atoms. The first-order valence-electron chi connectivity index (χ1n) is 16.3. The van der Waals surface area contributed by atoms with Gasteiger partial charge in [0.15, 0.2) is 11.6 Å². The van der Waals surface area contributed by atoms with Crippen molar-refractivity contribution in [2.75, 3.05) is 0 Å². The molecule has 0 amide bonds. The second-order valence-corrected chi connectivity index (χ2v) is 13.3.